The summed E-state index contributed by atoms with van der Waals surface area (Å²) in [4.78, 5) is 6.91. The summed E-state index contributed by atoms with van der Waals surface area (Å²) in [7, 11) is 0. The third-order valence-electron chi connectivity index (χ3n) is 4.68. The molecule has 0 bridgehead atoms. The van der Waals surface area contributed by atoms with E-state index in [1.54, 1.807) is 0 Å². The third kappa shape index (κ3) is 3.71. The highest BCUT2D eigenvalue weighted by atomic mass is 15.3. The van der Waals surface area contributed by atoms with Gasteiger partial charge in [0.1, 0.15) is 0 Å². The molecule has 1 aliphatic carbocycles. The maximum atomic E-state index is 5.14. The molecule has 0 aromatic heterocycles. The summed E-state index contributed by atoms with van der Waals surface area (Å²) in [6.07, 6.45) is 13.6. The Labute approximate surface area is 132 Å². The highest BCUT2D eigenvalue weighted by Crippen LogP contribution is 2.26. The molecule has 3 aliphatic rings. The Bertz CT molecular complexity index is 543. The minimum atomic E-state index is 0.289. The van der Waals surface area contributed by atoms with Crippen LogP contribution in [0.1, 0.15) is 19.8 Å². The highest BCUT2D eigenvalue weighted by Gasteiger charge is 2.24. The Hall–Kier alpha value is -1.75. The van der Waals surface area contributed by atoms with Gasteiger partial charge in [0, 0.05) is 38.3 Å². The van der Waals surface area contributed by atoms with Crippen molar-refractivity contribution in [3.63, 3.8) is 0 Å². The van der Waals surface area contributed by atoms with Gasteiger partial charge in [-0.1, -0.05) is 29.5 Å². The van der Waals surface area contributed by atoms with E-state index in [1.165, 1.54) is 11.1 Å². The number of aliphatic imine (C=N–C) groups is 1. The van der Waals surface area contributed by atoms with Gasteiger partial charge in [-0.2, -0.15) is 5.11 Å². The number of likely N-dealkylation sites (tertiary alicyclic amines) is 1. The standard InChI is InChI=1S/C17H25N5/c1-13-8-16(10-19-9-13)15-4-2-14(3-5-15)11-22-7-6-17(12-22)20-21-18/h2,4-5,8-9,14,16-17H,3,6-7,10-12H2,1H3,(H2,18,20)/t14?,16?,17-/m1/s1. The van der Waals surface area contributed by atoms with Crippen molar-refractivity contribution in [2.75, 3.05) is 26.2 Å². The van der Waals surface area contributed by atoms with Crippen molar-refractivity contribution in [2.24, 2.45) is 33.0 Å². The van der Waals surface area contributed by atoms with Crippen LogP contribution in [0.4, 0.5) is 0 Å². The Kier molecular flexibility index (Phi) is 4.83. The van der Waals surface area contributed by atoms with Gasteiger partial charge >= 0.3 is 0 Å². The topological polar surface area (TPSA) is 66.3 Å². The average Bonchev–Trinajstić information content (AvgIpc) is 2.96. The van der Waals surface area contributed by atoms with Gasteiger partial charge in [0.25, 0.3) is 0 Å². The number of hydrogen-bond acceptors (Lipinski definition) is 4. The lowest BCUT2D eigenvalue weighted by molar-refractivity contribution is 0.298. The molecule has 1 saturated heterocycles. The van der Waals surface area contributed by atoms with Gasteiger partial charge in [-0.25, -0.2) is 0 Å². The molecule has 0 saturated carbocycles. The van der Waals surface area contributed by atoms with E-state index in [1.807, 2.05) is 6.21 Å². The van der Waals surface area contributed by atoms with Crippen molar-refractivity contribution >= 4 is 6.21 Å². The van der Waals surface area contributed by atoms with Gasteiger partial charge in [-0.3, -0.25) is 4.99 Å². The van der Waals surface area contributed by atoms with E-state index in [2.05, 4.69) is 51.5 Å². The molecule has 118 valence electrons. The number of allylic oxidation sites excluding steroid dienone is 3. The van der Waals surface area contributed by atoms with Crippen molar-refractivity contribution in [3.05, 3.63) is 35.5 Å². The molecule has 2 aliphatic heterocycles. The van der Waals surface area contributed by atoms with Crippen molar-refractivity contribution in [3.8, 4) is 0 Å². The summed E-state index contributed by atoms with van der Waals surface area (Å²) < 4.78 is 0. The van der Waals surface area contributed by atoms with E-state index in [0.29, 0.717) is 11.8 Å². The Morgan fingerprint density at radius 1 is 1.45 bits per heavy atom. The van der Waals surface area contributed by atoms with E-state index in [9.17, 15) is 0 Å². The first-order valence-corrected chi connectivity index (χ1v) is 8.13. The van der Waals surface area contributed by atoms with Crippen LogP contribution in [0, 0.1) is 11.8 Å². The zero-order chi connectivity index (χ0) is 15.4. The zero-order valence-corrected chi connectivity index (χ0v) is 13.2. The summed E-state index contributed by atoms with van der Waals surface area (Å²) in [6.45, 7) is 6.20. The van der Waals surface area contributed by atoms with Gasteiger partial charge in [0.15, 0.2) is 0 Å². The van der Waals surface area contributed by atoms with Gasteiger partial charge in [-0.05, 0) is 36.8 Å². The first-order chi connectivity index (χ1) is 10.7. The van der Waals surface area contributed by atoms with Gasteiger partial charge in [-0.15, -0.1) is 0 Å². The minimum Gasteiger partial charge on any atom is -0.305 e. The van der Waals surface area contributed by atoms with Crippen LogP contribution in [-0.4, -0.2) is 43.3 Å². The molecule has 2 unspecified atom stereocenters. The quantitative estimate of drug-likeness (QED) is 0.492. The molecule has 0 aromatic carbocycles. The molecular formula is C17H25N5. The van der Waals surface area contributed by atoms with Crippen LogP contribution in [-0.2, 0) is 0 Å². The summed E-state index contributed by atoms with van der Waals surface area (Å²) in [5, 5.41) is 7.48. The normalized spacial score (nSPS) is 32.5. The Balaban J connectivity index is 1.50. The molecule has 0 aromatic rings. The van der Waals surface area contributed by atoms with E-state index in [4.69, 9.17) is 5.84 Å². The molecule has 5 nitrogen and oxygen atoms in total. The van der Waals surface area contributed by atoms with E-state index in [0.717, 1.165) is 39.0 Å². The molecule has 22 heavy (non-hydrogen) atoms. The van der Waals surface area contributed by atoms with E-state index >= 15 is 0 Å². The molecule has 0 radical (unpaired) electrons. The molecule has 0 amide bonds. The Morgan fingerprint density at radius 2 is 2.36 bits per heavy atom. The van der Waals surface area contributed by atoms with Gasteiger partial charge < -0.3 is 10.7 Å². The SMILES string of the molecule is CC1=CC(C2=CCC(CN3CC[C@@H](N=NN)C3)C=C2)CN=C1. The van der Waals surface area contributed by atoms with Crippen molar-refractivity contribution < 1.29 is 0 Å². The molecule has 2 heterocycles. The second-order valence-corrected chi connectivity index (χ2v) is 6.50. The van der Waals surface area contributed by atoms with Crippen LogP contribution >= 0.6 is 0 Å². The molecule has 3 atom stereocenters. The highest BCUT2D eigenvalue weighted by molar-refractivity contribution is 5.78. The largest absolute Gasteiger partial charge is 0.305 e. The maximum Gasteiger partial charge on any atom is 0.0868 e. The van der Waals surface area contributed by atoms with Crippen LogP contribution < -0.4 is 5.84 Å². The average molecular weight is 299 g/mol. The van der Waals surface area contributed by atoms with Crippen LogP contribution in [0.3, 0.4) is 0 Å². The molecule has 3 rings (SSSR count). The predicted molar refractivity (Wildman–Crippen MR) is 89.8 cm³/mol. The molecule has 0 spiro atoms. The third-order valence-corrected chi connectivity index (χ3v) is 4.68. The summed E-state index contributed by atoms with van der Waals surface area (Å²) >= 11 is 0. The second-order valence-electron chi connectivity index (χ2n) is 6.50. The zero-order valence-electron chi connectivity index (χ0n) is 13.2. The van der Waals surface area contributed by atoms with Crippen molar-refractivity contribution in [1.82, 2.24) is 4.90 Å². The smallest absolute Gasteiger partial charge is 0.0868 e. The maximum absolute atomic E-state index is 5.14. The lowest BCUT2D eigenvalue weighted by atomic mass is 9.87. The van der Waals surface area contributed by atoms with Crippen molar-refractivity contribution in [2.45, 2.75) is 25.8 Å². The lowest BCUT2D eigenvalue weighted by Gasteiger charge is -2.25. The number of rotatable bonds is 4. The predicted octanol–water partition coefficient (Wildman–Crippen LogP) is 2.54. The fourth-order valence-corrected chi connectivity index (χ4v) is 3.51. The fraction of sp³-hybridized carbons (Fsp3) is 0.588. The molecular weight excluding hydrogens is 274 g/mol. The first-order valence-electron chi connectivity index (χ1n) is 8.13. The number of dihydropyridines is 1. The van der Waals surface area contributed by atoms with Gasteiger partial charge in [0.05, 0.1) is 6.04 Å². The lowest BCUT2D eigenvalue weighted by Crippen LogP contribution is -2.28. The summed E-state index contributed by atoms with van der Waals surface area (Å²) in [5.41, 5.74) is 2.69. The Morgan fingerprint density at radius 3 is 3.09 bits per heavy atom. The molecule has 5 heteroatoms. The van der Waals surface area contributed by atoms with E-state index < -0.39 is 0 Å². The number of nitrogens with two attached hydrogens (primary N) is 1. The fourth-order valence-electron chi connectivity index (χ4n) is 3.51. The molecule has 1 fully saturated rings. The number of hydrogen-bond donors (Lipinski definition) is 1. The van der Waals surface area contributed by atoms with Crippen LogP contribution in [0.15, 0.2) is 50.8 Å². The van der Waals surface area contributed by atoms with Gasteiger partial charge in [0.2, 0.25) is 0 Å². The molecule has 2 N–H and O–H groups in total. The first kappa shape index (κ1) is 15.2. The summed E-state index contributed by atoms with van der Waals surface area (Å²) in [5.74, 6) is 6.21. The minimum absolute atomic E-state index is 0.289. The van der Waals surface area contributed by atoms with E-state index in [-0.39, 0.29) is 6.04 Å². The van der Waals surface area contributed by atoms with Crippen LogP contribution in [0.25, 0.3) is 0 Å². The van der Waals surface area contributed by atoms with Crippen LogP contribution in [0.2, 0.25) is 0 Å². The van der Waals surface area contributed by atoms with Crippen LogP contribution in [0.5, 0.6) is 0 Å². The summed E-state index contributed by atoms with van der Waals surface area (Å²) in [6, 6.07) is 0.289. The number of nitrogens with zero attached hydrogens (tertiary/aromatic N) is 4. The monoisotopic (exact) mass is 299 g/mol. The van der Waals surface area contributed by atoms with Crippen molar-refractivity contribution in [1.29, 1.82) is 0 Å². The second kappa shape index (κ2) is 7.01.